The second-order valence-electron chi connectivity index (χ2n) is 6.02. The van der Waals surface area contributed by atoms with Crippen LogP contribution in [0.25, 0.3) is 0 Å². The number of carbonyl (C=O) groups is 1. The maximum Gasteiger partial charge on any atom is 0.180 e. The van der Waals surface area contributed by atoms with Crippen LogP contribution in [0.3, 0.4) is 0 Å². The van der Waals surface area contributed by atoms with Gasteiger partial charge >= 0.3 is 0 Å². The van der Waals surface area contributed by atoms with E-state index < -0.39 is 0 Å². The van der Waals surface area contributed by atoms with Gasteiger partial charge in [0.15, 0.2) is 5.78 Å². The van der Waals surface area contributed by atoms with E-state index in [1.54, 1.807) is 0 Å². The van der Waals surface area contributed by atoms with Crippen LogP contribution in [0, 0.1) is 20.8 Å². The molecule has 1 unspecified atom stereocenters. The van der Waals surface area contributed by atoms with E-state index in [0.717, 1.165) is 24.1 Å². The largest absolute Gasteiger partial charge is 0.303 e. The van der Waals surface area contributed by atoms with E-state index in [1.165, 1.54) is 22.3 Å². The highest BCUT2D eigenvalue weighted by molar-refractivity contribution is 6.01. The van der Waals surface area contributed by atoms with Gasteiger partial charge in [0.2, 0.25) is 0 Å². The molecule has 0 saturated heterocycles. The fourth-order valence-electron chi connectivity index (χ4n) is 3.05. The average molecular weight is 279 g/mol. The first kappa shape index (κ1) is 14.0. The van der Waals surface area contributed by atoms with Crippen molar-refractivity contribution >= 4 is 5.78 Å². The molecule has 0 aromatic heterocycles. The lowest BCUT2D eigenvalue weighted by Crippen LogP contribution is -2.42. The molecule has 0 radical (unpaired) electrons. The van der Waals surface area contributed by atoms with E-state index in [0.29, 0.717) is 0 Å². The minimum atomic E-state index is -0.110. The molecule has 2 nitrogen and oxygen atoms in total. The van der Waals surface area contributed by atoms with E-state index in [4.69, 9.17) is 0 Å². The van der Waals surface area contributed by atoms with Crippen molar-refractivity contribution < 1.29 is 4.79 Å². The van der Waals surface area contributed by atoms with Crippen LogP contribution in [0.5, 0.6) is 0 Å². The Morgan fingerprint density at radius 3 is 2.43 bits per heavy atom. The normalized spacial score (nSPS) is 17.4. The summed E-state index contributed by atoms with van der Waals surface area (Å²) in [6.07, 6.45) is 0.779. The molecule has 1 heterocycles. The van der Waals surface area contributed by atoms with Gasteiger partial charge in [-0.1, -0.05) is 30.3 Å². The molecule has 0 fully saturated rings. The number of rotatable bonds is 2. The molecule has 0 spiro atoms. The Balaban J connectivity index is 1.89. The highest BCUT2D eigenvalue weighted by Crippen LogP contribution is 2.22. The van der Waals surface area contributed by atoms with Gasteiger partial charge in [0.05, 0.1) is 6.04 Å². The van der Waals surface area contributed by atoms with Crippen LogP contribution in [0.1, 0.15) is 38.2 Å². The predicted octanol–water partition coefficient (Wildman–Crippen LogP) is 3.51. The zero-order valence-electron chi connectivity index (χ0n) is 12.9. The van der Waals surface area contributed by atoms with Crippen molar-refractivity contribution in [1.82, 2.24) is 5.32 Å². The Labute approximate surface area is 126 Å². The summed E-state index contributed by atoms with van der Waals surface area (Å²) in [4.78, 5) is 12.8. The molecule has 3 rings (SSSR count). The maximum atomic E-state index is 12.8. The fraction of sp³-hybridized carbons (Fsp3) is 0.316. The van der Waals surface area contributed by atoms with Gasteiger partial charge in [0.25, 0.3) is 0 Å². The standard InChI is InChI=1S/C19H21NO/c1-12-8-14(3)17(9-13(12)2)19(21)18-10-15-6-4-5-7-16(15)11-20-18/h4-9,18,20H,10-11H2,1-3H3. The highest BCUT2D eigenvalue weighted by Gasteiger charge is 2.25. The highest BCUT2D eigenvalue weighted by atomic mass is 16.1. The van der Waals surface area contributed by atoms with Gasteiger partial charge in [0, 0.05) is 12.1 Å². The molecule has 0 amide bonds. The first-order chi connectivity index (χ1) is 10.1. The number of ketones is 1. The SMILES string of the molecule is Cc1cc(C)c(C(=O)C2Cc3ccccc3CN2)cc1C. The van der Waals surface area contributed by atoms with E-state index in [-0.39, 0.29) is 11.8 Å². The van der Waals surface area contributed by atoms with Gasteiger partial charge < -0.3 is 5.32 Å². The first-order valence-electron chi connectivity index (χ1n) is 7.48. The smallest absolute Gasteiger partial charge is 0.180 e. The molecule has 21 heavy (non-hydrogen) atoms. The summed E-state index contributed by atoms with van der Waals surface area (Å²) in [5.41, 5.74) is 6.94. The van der Waals surface area contributed by atoms with Crippen molar-refractivity contribution in [2.24, 2.45) is 0 Å². The third kappa shape index (κ3) is 2.64. The maximum absolute atomic E-state index is 12.8. The quantitative estimate of drug-likeness (QED) is 0.852. The molecule has 0 saturated carbocycles. The van der Waals surface area contributed by atoms with Crippen molar-refractivity contribution in [1.29, 1.82) is 0 Å². The first-order valence-corrected chi connectivity index (χ1v) is 7.48. The molecule has 0 aliphatic carbocycles. The predicted molar refractivity (Wildman–Crippen MR) is 85.8 cm³/mol. The summed E-state index contributed by atoms with van der Waals surface area (Å²) in [6, 6.07) is 12.4. The summed E-state index contributed by atoms with van der Waals surface area (Å²) < 4.78 is 0. The van der Waals surface area contributed by atoms with Crippen LogP contribution in [-0.4, -0.2) is 11.8 Å². The minimum Gasteiger partial charge on any atom is -0.303 e. The third-order valence-electron chi connectivity index (χ3n) is 4.50. The molecule has 0 bridgehead atoms. The lowest BCUT2D eigenvalue weighted by Gasteiger charge is -2.26. The van der Waals surface area contributed by atoms with Crippen molar-refractivity contribution in [3.05, 3.63) is 69.8 Å². The van der Waals surface area contributed by atoms with E-state index in [9.17, 15) is 4.79 Å². The fourth-order valence-corrected chi connectivity index (χ4v) is 3.05. The van der Waals surface area contributed by atoms with Gasteiger partial charge in [-0.2, -0.15) is 0 Å². The molecule has 108 valence electrons. The van der Waals surface area contributed by atoms with Crippen LogP contribution in [0.2, 0.25) is 0 Å². The van der Waals surface area contributed by atoms with Crippen LogP contribution < -0.4 is 5.32 Å². The van der Waals surface area contributed by atoms with Gasteiger partial charge in [0.1, 0.15) is 0 Å². The lowest BCUT2D eigenvalue weighted by atomic mass is 9.89. The Morgan fingerprint density at radius 1 is 1.00 bits per heavy atom. The molecular formula is C19H21NO. The number of aryl methyl sites for hydroxylation is 3. The topological polar surface area (TPSA) is 29.1 Å². The van der Waals surface area contributed by atoms with Crippen LogP contribution in [0.15, 0.2) is 36.4 Å². The molecular weight excluding hydrogens is 258 g/mol. The van der Waals surface area contributed by atoms with Crippen LogP contribution in [0.4, 0.5) is 0 Å². The molecule has 2 aromatic rings. The van der Waals surface area contributed by atoms with Crippen LogP contribution >= 0.6 is 0 Å². The number of hydrogen-bond acceptors (Lipinski definition) is 2. The number of fused-ring (bicyclic) bond motifs is 1. The number of nitrogens with one attached hydrogen (secondary N) is 1. The molecule has 1 aliphatic rings. The number of hydrogen-bond donors (Lipinski definition) is 1. The van der Waals surface area contributed by atoms with Crippen molar-refractivity contribution in [2.45, 2.75) is 39.8 Å². The van der Waals surface area contributed by atoms with Crippen molar-refractivity contribution in [3.8, 4) is 0 Å². The van der Waals surface area contributed by atoms with Gasteiger partial charge in [-0.25, -0.2) is 0 Å². The lowest BCUT2D eigenvalue weighted by molar-refractivity contribution is 0.0937. The summed E-state index contributed by atoms with van der Waals surface area (Å²) in [5.74, 6) is 0.213. The Bertz CT molecular complexity index is 703. The average Bonchev–Trinajstić information content (AvgIpc) is 2.50. The van der Waals surface area contributed by atoms with E-state index in [2.05, 4.69) is 43.4 Å². The summed E-state index contributed by atoms with van der Waals surface area (Å²) in [5, 5.41) is 3.39. The monoisotopic (exact) mass is 279 g/mol. The molecule has 1 atom stereocenters. The molecule has 1 N–H and O–H groups in total. The molecule has 1 aliphatic heterocycles. The zero-order chi connectivity index (χ0) is 15.0. The number of Topliss-reactive ketones (excluding diaryl/α,β-unsaturated/α-hetero) is 1. The van der Waals surface area contributed by atoms with Gasteiger partial charge in [-0.05, 0) is 61.1 Å². The zero-order valence-corrected chi connectivity index (χ0v) is 12.9. The van der Waals surface area contributed by atoms with Gasteiger partial charge in [-0.15, -0.1) is 0 Å². The van der Waals surface area contributed by atoms with Crippen molar-refractivity contribution in [2.75, 3.05) is 0 Å². The summed E-state index contributed by atoms with van der Waals surface area (Å²) in [7, 11) is 0. The second-order valence-corrected chi connectivity index (χ2v) is 6.02. The number of benzene rings is 2. The Hall–Kier alpha value is -1.93. The molecule has 2 aromatic carbocycles. The Morgan fingerprint density at radius 2 is 1.67 bits per heavy atom. The Kier molecular flexibility index (Phi) is 3.64. The van der Waals surface area contributed by atoms with Crippen LogP contribution in [-0.2, 0) is 13.0 Å². The van der Waals surface area contributed by atoms with Gasteiger partial charge in [-0.3, -0.25) is 4.79 Å². The van der Waals surface area contributed by atoms with E-state index in [1.807, 2.05) is 19.1 Å². The second kappa shape index (κ2) is 5.45. The molecule has 2 heteroatoms. The summed E-state index contributed by atoms with van der Waals surface area (Å²) in [6.45, 7) is 6.95. The third-order valence-corrected chi connectivity index (χ3v) is 4.50. The van der Waals surface area contributed by atoms with Crippen molar-refractivity contribution in [3.63, 3.8) is 0 Å². The van der Waals surface area contributed by atoms with E-state index >= 15 is 0 Å². The minimum absolute atomic E-state index is 0.110. The number of carbonyl (C=O) groups excluding carboxylic acids is 1. The summed E-state index contributed by atoms with van der Waals surface area (Å²) >= 11 is 0.